The fourth-order valence-corrected chi connectivity index (χ4v) is 4.36. The maximum atomic E-state index is 9.56. The highest BCUT2D eigenvalue weighted by Crippen LogP contribution is 2.30. The summed E-state index contributed by atoms with van der Waals surface area (Å²) in [6, 6.07) is 2.20. The number of aromatic nitrogens is 3. The van der Waals surface area contributed by atoms with Gasteiger partial charge in [-0.15, -0.1) is 11.3 Å². The van der Waals surface area contributed by atoms with Gasteiger partial charge in [0, 0.05) is 30.2 Å². The highest BCUT2D eigenvalue weighted by atomic mass is 32.1. The number of thiazole rings is 1. The highest BCUT2D eigenvalue weighted by molar-refractivity contribution is 7.09. The summed E-state index contributed by atoms with van der Waals surface area (Å²) in [5.74, 6) is 1.81. The number of aliphatic hydroxyl groups is 1. The lowest BCUT2D eigenvalue weighted by atomic mass is 10.2. The van der Waals surface area contributed by atoms with Crippen LogP contribution in [0.4, 0.5) is 11.6 Å². The topological polar surface area (TPSA) is 74.6 Å². The largest absolute Gasteiger partial charge is 0.394 e. The average Bonchev–Trinajstić information content (AvgIpc) is 3.30. The van der Waals surface area contributed by atoms with Gasteiger partial charge in [-0.3, -0.25) is 0 Å². The quantitative estimate of drug-likeness (QED) is 0.890. The summed E-state index contributed by atoms with van der Waals surface area (Å²) in [7, 11) is 0. The standard InChI is InChI=1S/C17H23N5O2S/c1-12-10-25-17(20-12)14-8-21(5-6-24-14)15-7-16(19-11-18-15)22-4-2-3-13(22)9-23/h7,10-11,13-14,23H,2-6,8-9H2,1H3. The van der Waals surface area contributed by atoms with Gasteiger partial charge in [0.2, 0.25) is 0 Å². The molecule has 25 heavy (non-hydrogen) atoms. The third-order valence-electron chi connectivity index (χ3n) is 4.82. The van der Waals surface area contributed by atoms with Gasteiger partial charge in [0.25, 0.3) is 0 Å². The molecule has 2 aliphatic rings. The Morgan fingerprint density at radius 2 is 2.20 bits per heavy atom. The smallest absolute Gasteiger partial charge is 0.134 e. The van der Waals surface area contributed by atoms with Crippen LogP contribution in [0, 0.1) is 6.92 Å². The van der Waals surface area contributed by atoms with Gasteiger partial charge in [-0.25, -0.2) is 15.0 Å². The molecule has 2 aromatic rings. The second kappa shape index (κ2) is 7.23. The van der Waals surface area contributed by atoms with E-state index in [-0.39, 0.29) is 18.8 Å². The number of hydrogen-bond donors (Lipinski definition) is 1. The van der Waals surface area contributed by atoms with Crippen molar-refractivity contribution in [3.8, 4) is 0 Å². The van der Waals surface area contributed by atoms with Crippen molar-refractivity contribution >= 4 is 23.0 Å². The fourth-order valence-electron chi connectivity index (χ4n) is 3.52. The number of anilines is 2. The second-order valence-corrected chi connectivity index (χ2v) is 7.43. The molecule has 0 bridgehead atoms. The zero-order chi connectivity index (χ0) is 17.2. The molecule has 2 aromatic heterocycles. The van der Waals surface area contributed by atoms with E-state index in [1.54, 1.807) is 17.7 Å². The minimum absolute atomic E-state index is 0.0113. The summed E-state index contributed by atoms with van der Waals surface area (Å²) < 4.78 is 5.91. The first-order valence-electron chi connectivity index (χ1n) is 8.72. The highest BCUT2D eigenvalue weighted by Gasteiger charge is 2.28. The second-order valence-electron chi connectivity index (χ2n) is 6.54. The fraction of sp³-hybridized carbons (Fsp3) is 0.588. The van der Waals surface area contributed by atoms with E-state index >= 15 is 0 Å². The van der Waals surface area contributed by atoms with Crippen LogP contribution in [0.5, 0.6) is 0 Å². The summed E-state index contributed by atoms with van der Waals surface area (Å²) in [5.41, 5.74) is 1.04. The number of hydrogen-bond acceptors (Lipinski definition) is 8. The Labute approximate surface area is 151 Å². The van der Waals surface area contributed by atoms with Crippen LogP contribution in [0.1, 0.15) is 29.6 Å². The van der Waals surface area contributed by atoms with Crippen LogP contribution in [0.2, 0.25) is 0 Å². The Morgan fingerprint density at radius 1 is 1.32 bits per heavy atom. The van der Waals surface area contributed by atoms with Crippen molar-refractivity contribution in [2.75, 3.05) is 42.6 Å². The van der Waals surface area contributed by atoms with E-state index in [1.165, 1.54) is 0 Å². The van der Waals surface area contributed by atoms with Crippen LogP contribution >= 0.6 is 11.3 Å². The molecule has 7 nitrogen and oxygen atoms in total. The lowest BCUT2D eigenvalue weighted by molar-refractivity contribution is 0.0393. The number of ether oxygens (including phenoxy) is 1. The Balaban J connectivity index is 1.52. The molecule has 2 fully saturated rings. The Kier molecular flexibility index (Phi) is 4.82. The van der Waals surface area contributed by atoms with E-state index in [0.29, 0.717) is 6.61 Å². The molecule has 134 valence electrons. The maximum absolute atomic E-state index is 9.56. The van der Waals surface area contributed by atoms with Crippen molar-refractivity contribution in [3.63, 3.8) is 0 Å². The zero-order valence-electron chi connectivity index (χ0n) is 14.3. The third kappa shape index (κ3) is 3.47. The number of morpholine rings is 1. The van der Waals surface area contributed by atoms with Crippen LogP contribution in [0.25, 0.3) is 0 Å². The van der Waals surface area contributed by atoms with Crippen molar-refractivity contribution < 1.29 is 9.84 Å². The zero-order valence-corrected chi connectivity index (χ0v) is 15.2. The molecule has 2 saturated heterocycles. The van der Waals surface area contributed by atoms with E-state index in [0.717, 1.165) is 54.8 Å². The molecule has 0 radical (unpaired) electrons. The van der Waals surface area contributed by atoms with E-state index in [2.05, 4.69) is 30.1 Å². The van der Waals surface area contributed by atoms with Crippen molar-refractivity contribution in [3.05, 3.63) is 28.5 Å². The van der Waals surface area contributed by atoms with Gasteiger partial charge in [0.15, 0.2) is 0 Å². The Hall–Kier alpha value is -1.77. The predicted molar refractivity (Wildman–Crippen MR) is 97.2 cm³/mol. The number of rotatable bonds is 4. The normalized spacial score (nSPS) is 24.1. The van der Waals surface area contributed by atoms with Crippen LogP contribution in [-0.2, 0) is 4.74 Å². The Morgan fingerprint density at radius 3 is 3.00 bits per heavy atom. The number of aryl methyl sites for hydroxylation is 1. The minimum Gasteiger partial charge on any atom is -0.394 e. The summed E-state index contributed by atoms with van der Waals surface area (Å²) in [5, 5.41) is 12.6. The first-order valence-corrected chi connectivity index (χ1v) is 9.60. The van der Waals surface area contributed by atoms with E-state index in [4.69, 9.17) is 4.74 Å². The number of nitrogens with zero attached hydrogens (tertiary/aromatic N) is 5. The van der Waals surface area contributed by atoms with Gasteiger partial charge in [-0.05, 0) is 19.8 Å². The summed E-state index contributed by atoms with van der Waals surface area (Å²) in [4.78, 5) is 17.9. The third-order valence-corrected chi connectivity index (χ3v) is 5.88. The van der Waals surface area contributed by atoms with Crippen LogP contribution in [0.3, 0.4) is 0 Å². The van der Waals surface area contributed by atoms with Gasteiger partial charge >= 0.3 is 0 Å². The molecular weight excluding hydrogens is 338 g/mol. The van der Waals surface area contributed by atoms with Crippen molar-refractivity contribution in [2.45, 2.75) is 31.9 Å². The van der Waals surface area contributed by atoms with Crippen LogP contribution in [0.15, 0.2) is 17.8 Å². The predicted octanol–water partition coefficient (Wildman–Crippen LogP) is 1.78. The van der Waals surface area contributed by atoms with Crippen molar-refractivity contribution in [2.24, 2.45) is 0 Å². The summed E-state index contributed by atoms with van der Waals surface area (Å²) in [6.07, 6.45) is 3.71. The van der Waals surface area contributed by atoms with E-state index < -0.39 is 0 Å². The summed E-state index contributed by atoms with van der Waals surface area (Å²) >= 11 is 1.65. The molecule has 0 aromatic carbocycles. The first kappa shape index (κ1) is 16.7. The molecule has 0 spiro atoms. The minimum atomic E-state index is -0.0113. The lowest BCUT2D eigenvalue weighted by Gasteiger charge is -2.33. The van der Waals surface area contributed by atoms with Gasteiger partial charge in [-0.2, -0.15) is 0 Å². The van der Waals surface area contributed by atoms with Gasteiger partial charge in [0.05, 0.1) is 25.8 Å². The molecule has 2 unspecified atom stereocenters. The van der Waals surface area contributed by atoms with E-state index in [9.17, 15) is 5.11 Å². The number of aliphatic hydroxyl groups excluding tert-OH is 1. The van der Waals surface area contributed by atoms with Crippen molar-refractivity contribution in [1.29, 1.82) is 0 Å². The maximum Gasteiger partial charge on any atom is 0.134 e. The summed E-state index contributed by atoms with van der Waals surface area (Å²) in [6.45, 7) is 5.32. The molecule has 1 N–H and O–H groups in total. The molecule has 4 heterocycles. The van der Waals surface area contributed by atoms with Crippen LogP contribution < -0.4 is 9.80 Å². The molecule has 4 rings (SSSR count). The van der Waals surface area contributed by atoms with Crippen LogP contribution in [-0.4, -0.2) is 58.9 Å². The molecule has 8 heteroatoms. The SMILES string of the molecule is Cc1csc(C2CN(c3cc(N4CCCC4CO)ncn3)CCO2)n1. The Bertz CT molecular complexity index is 725. The molecular formula is C17H23N5O2S. The van der Waals surface area contributed by atoms with Crippen molar-refractivity contribution in [1.82, 2.24) is 15.0 Å². The molecule has 2 aliphatic heterocycles. The average molecular weight is 361 g/mol. The molecule has 0 aliphatic carbocycles. The lowest BCUT2D eigenvalue weighted by Crippen LogP contribution is -2.39. The molecule has 2 atom stereocenters. The van der Waals surface area contributed by atoms with Gasteiger partial charge < -0.3 is 19.6 Å². The monoisotopic (exact) mass is 361 g/mol. The van der Waals surface area contributed by atoms with Gasteiger partial charge in [0.1, 0.15) is 29.1 Å². The van der Waals surface area contributed by atoms with Gasteiger partial charge in [-0.1, -0.05) is 0 Å². The first-order chi connectivity index (χ1) is 12.2. The molecule has 0 amide bonds. The van der Waals surface area contributed by atoms with E-state index in [1.807, 2.05) is 13.0 Å². The molecule has 0 saturated carbocycles.